The number of ether oxygens (including phenoxy) is 2. The monoisotopic (exact) mass is 581 g/mol. The molecule has 12 heteroatoms. The molecule has 40 heavy (non-hydrogen) atoms. The minimum Gasteiger partial charge on any atom is -0.486 e. The molecule has 5 heterocycles. The Hall–Kier alpha value is -3.63. The van der Waals surface area contributed by atoms with Gasteiger partial charge in [-0.2, -0.15) is 5.10 Å². The summed E-state index contributed by atoms with van der Waals surface area (Å²) in [5.74, 6) is 1.32. The molecule has 4 aromatic rings. The molecule has 1 aromatic carbocycles. The van der Waals surface area contributed by atoms with Gasteiger partial charge in [-0.25, -0.2) is 14.8 Å². The third kappa shape index (κ3) is 5.01. The number of nitrogens with one attached hydrogen (secondary N) is 1. The van der Waals surface area contributed by atoms with Crippen LogP contribution >= 0.6 is 23.2 Å². The maximum absolute atomic E-state index is 12.2. The maximum atomic E-state index is 12.2. The summed E-state index contributed by atoms with van der Waals surface area (Å²) in [5.41, 5.74) is 3.15. The van der Waals surface area contributed by atoms with Crippen LogP contribution in [-0.4, -0.2) is 68.9 Å². The van der Waals surface area contributed by atoms with Gasteiger partial charge in [0.1, 0.15) is 17.5 Å². The van der Waals surface area contributed by atoms with Crippen molar-refractivity contribution in [2.24, 2.45) is 5.41 Å². The summed E-state index contributed by atoms with van der Waals surface area (Å²) in [7, 11) is 0. The number of likely N-dealkylation sites (tertiary alicyclic amines) is 1. The second-order valence-electron chi connectivity index (χ2n) is 10.4. The summed E-state index contributed by atoms with van der Waals surface area (Å²) in [6.45, 7) is 7.21. The Labute approximate surface area is 241 Å². The number of hydrogen-bond acceptors (Lipinski definition) is 8. The molecule has 2 fully saturated rings. The number of pyridine rings is 1. The molecule has 3 aromatic heterocycles. The van der Waals surface area contributed by atoms with Gasteiger partial charge in [0, 0.05) is 72.9 Å². The van der Waals surface area contributed by atoms with Crippen LogP contribution in [0.25, 0.3) is 22.2 Å². The summed E-state index contributed by atoms with van der Waals surface area (Å²) in [6.07, 6.45) is 8.15. The number of aromatic nitrogens is 5. The lowest BCUT2D eigenvalue weighted by atomic mass is 9.73. The van der Waals surface area contributed by atoms with Crippen molar-refractivity contribution >= 4 is 46.1 Å². The minimum atomic E-state index is -0.383. The first-order valence-electron chi connectivity index (χ1n) is 13.3. The van der Waals surface area contributed by atoms with Crippen molar-refractivity contribution < 1.29 is 14.3 Å². The van der Waals surface area contributed by atoms with Gasteiger partial charge in [-0.15, -0.1) is 0 Å². The zero-order chi connectivity index (χ0) is 27.9. The predicted octanol–water partition coefficient (Wildman–Crippen LogP) is 5.92. The van der Waals surface area contributed by atoms with Gasteiger partial charge in [-0.1, -0.05) is 23.2 Å². The molecule has 10 nitrogen and oxygen atoms in total. The van der Waals surface area contributed by atoms with Crippen LogP contribution in [0.3, 0.4) is 0 Å². The molecular formula is C28H29Cl2N7O3. The summed E-state index contributed by atoms with van der Waals surface area (Å²) < 4.78 is 11.4. The Morgan fingerprint density at radius 2 is 1.88 bits per heavy atom. The van der Waals surface area contributed by atoms with Gasteiger partial charge in [0.05, 0.1) is 22.2 Å². The van der Waals surface area contributed by atoms with Crippen LogP contribution in [0.5, 0.6) is 5.75 Å². The molecule has 1 N–H and O–H groups in total. The summed E-state index contributed by atoms with van der Waals surface area (Å²) >= 11 is 12.6. The molecule has 1 atom stereocenters. The quantitative estimate of drug-likeness (QED) is 0.299. The fourth-order valence-electron chi connectivity index (χ4n) is 5.71. The van der Waals surface area contributed by atoms with Crippen molar-refractivity contribution in [3.63, 3.8) is 0 Å². The van der Waals surface area contributed by atoms with Crippen LogP contribution < -0.4 is 9.64 Å². The summed E-state index contributed by atoms with van der Waals surface area (Å²) in [6, 6.07) is 5.72. The number of fused-ring (bicyclic) bond motifs is 1. The van der Waals surface area contributed by atoms with Gasteiger partial charge in [0.25, 0.3) is 0 Å². The molecule has 0 bridgehead atoms. The number of anilines is 1. The number of aromatic amines is 1. The van der Waals surface area contributed by atoms with Crippen LogP contribution in [0, 0.1) is 5.41 Å². The second-order valence-corrected chi connectivity index (χ2v) is 11.2. The highest BCUT2D eigenvalue weighted by Crippen LogP contribution is 2.41. The third-order valence-corrected chi connectivity index (χ3v) is 8.18. The van der Waals surface area contributed by atoms with E-state index in [1.165, 1.54) is 0 Å². The van der Waals surface area contributed by atoms with E-state index in [4.69, 9.17) is 32.7 Å². The average Bonchev–Trinajstić information content (AvgIpc) is 3.35. The zero-order valence-corrected chi connectivity index (χ0v) is 23.7. The maximum Gasteiger partial charge on any atom is 0.409 e. The number of benzene rings is 1. The molecule has 1 unspecified atom stereocenters. The zero-order valence-electron chi connectivity index (χ0n) is 22.2. The van der Waals surface area contributed by atoms with E-state index in [-0.39, 0.29) is 17.6 Å². The summed E-state index contributed by atoms with van der Waals surface area (Å²) in [5, 5.41) is 9.38. The number of hydrogen-bond donors (Lipinski definition) is 1. The lowest BCUT2D eigenvalue weighted by Crippen LogP contribution is -2.64. The van der Waals surface area contributed by atoms with Gasteiger partial charge in [0.2, 0.25) is 5.95 Å². The molecular weight excluding hydrogens is 553 g/mol. The Kier molecular flexibility index (Phi) is 7.14. The molecule has 6 rings (SSSR count). The lowest BCUT2D eigenvalue weighted by molar-refractivity contribution is 0.0430. The molecule has 1 amide bonds. The van der Waals surface area contributed by atoms with Crippen LogP contribution in [0.1, 0.15) is 38.4 Å². The number of carbonyl (C=O) groups excluding carboxylic acids is 1. The molecule has 1 spiro atoms. The fraction of sp³-hybridized carbons (Fsp3) is 0.393. The van der Waals surface area contributed by atoms with Crippen molar-refractivity contribution in [3.8, 4) is 17.0 Å². The summed E-state index contributed by atoms with van der Waals surface area (Å²) in [4.78, 5) is 29.5. The average molecular weight is 582 g/mol. The molecule has 2 saturated heterocycles. The van der Waals surface area contributed by atoms with Crippen LogP contribution in [0.2, 0.25) is 10.0 Å². The second kappa shape index (κ2) is 10.7. The standard InChI is InChI=1S/C28H29Cl2N7O3/c1-3-39-27(38)36-8-4-7-28(14-36)15-37(16-28)26-32-10-18(11-33-26)25-20-9-19(5-6-23(20)34-35-25)40-17(2)24-21(29)12-31-13-22(24)30/h5-6,9-13,17H,3-4,7-8,14-16H2,1-2H3,(H,34,35). The van der Waals surface area contributed by atoms with Gasteiger partial charge in [-0.05, 0) is 44.9 Å². The molecule has 0 aliphatic carbocycles. The Morgan fingerprint density at radius 3 is 2.60 bits per heavy atom. The normalized spacial score (nSPS) is 17.1. The number of nitrogens with zero attached hydrogens (tertiary/aromatic N) is 6. The van der Waals surface area contributed by atoms with Gasteiger partial charge in [-0.3, -0.25) is 10.1 Å². The van der Waals surface area contributed by atoms with E-state index in [1.54, 1.807) is 24.8 Å². The molecule has 2 aliphatic rings. The van der Waals surface area contributed by atoms with Crippen LogP contribution in [0.15, 0.2) is 43.0 Å². The van der Waals surface area contributed by atoms with Gasteiger partial charge < -0.3 is 19.3 Å². The molecule has 2 aliphatic heterocycles. The topological polar surface area (TPSA) is 109 Å². The highest BCUT2D eigenvalue weighted by Gasteiger charge is 2.47. The first kappa shape index (κ1) is 26.6. The Bertz CT molecular complexity index is 1520. The first-order chi connectivity index (χ1) is 19.4. The number of halogens is 2. The fourth-order valence-corrected chi connectivity index (χ4v) is 6.38. The van der Waals surface area contributed by atoms with Crippen molar-refractivity contribution in [1.29, 1.82) is 0 Å². The van der Waals surface area contributed by atoms with E-state index in [9.17, 15) is 4.79 Å². The first-order valence-corrected chi connectivity index (χ1v) is 14.0. The van der Waals surface area contributed by atoms with E-state index < -0.39 is 0 Å². The smallest absolute Gasteiger partial charge is 0.409 e. The number of rotatable bonds is 6. The van der Waals surface area contributed by atoms with Crippen molar-refractivity contribution in [1.82, 2.24) is 30.0 Å². The van der Waals surface area contributed by atoms with Gasteiger partial charge >= 0.3 is 6.09 Å². The predicted molar refractivity (Wildman–Crippen MR) is 153 cm³/mol. The van der Waals surface area contributed by atoms with Crippen molar-refractivity contribution in [3.05, 3.63) is 58.6 Å². The minimum absolute atomic E-state index is 0.0731. The number of amides is 1. The molecule has 0 saturated carbocycles. The van der Waals surface area contributed by atoms with Crippen molar-refractivity contribution in [2.45, 2.75) is 32.8 Å². The Morgan fingerprint density at radius 1 is 1.12 bits per heavy atom. The Balaban J connectivity index is 1.15. The van der Waals surface area contributed by atoms with Crippen LogP contribution in [0.4, 0.5) is 10.7 Å². The largest absolute Gasteiger partial charge is 0.486 e. The van der Waals surface area contributed by atoms with Crippen LogP contribution in [-0.2, 0) is 4.74 Å². The SMILES string of the molecule is CCOC(=O)N1CCCC2(C1)CN(c1ncc(-c3n[nH]c4ccc(OC(C)c5c(Cl)cncc5Cl)cc34)cn1)C2. The van der Waals surface area contributed by atoms with E-state index in [1.807, 2.05) is 36.9 Å². The number of piperidine rings is 1. The highest BCUT2D eigenvalue weighted by molar-refractivity contribution is 6.35. The number of H-pyrrole nitrogens is 1. The lowest BCUT2D eigenvalue weighted by Gasteiger charge is -2.54. The van der Waals surface area contributed by atoms with Crippen molar-refractivity contribution in [2.75, 3.05) is 37.7 Å². The molecule has 0 radical (unpaired) electrons. The van der Waals surface area contributed by atoms with E-state index in [2.05, 4.69) is 30.0 Å². The third-order valence-electron chi connectivity index (χ3n) is 7.58. The van der Waals surface area contributed by atoms with E-state index in [0.29, 0.717) is 40.5 Å². The van der Waals surface area contributed by atoms with Gasteiger partial charge in [0.15, 0.2) is 0 Å². The van der Waals surface area contributed by atoms with E-state index >= 15 is 0 Å². The molecule has 208 valence electrons. The van der Waals surface area contributed by atoms with E-state index in [0.717, 1.165) is 54.6 Å². The highest BCUT2D eigenvalue weighted by atomic mass is 35.5. The number of carbonyl (C=O) groups is 1.